The number of aliphatic carboxylic acids is 2. The zero-order valence-electron chi connectivity index (χ0n) is 18.5. The standard InChI is InChI=1S/C22H23ClN2O4.C2H2O4/c23-18-5-3-4-17(13-18)21(27)14-24-19(15-26)12-16-7-9-20(10-8-16)29-22-6-1-2-11-25(22)28;3-1(4)2(5)6/h1-11,13,19,21,24,26-27H,12,14-15H2;(H,3,4)(H,5,6). The van der Waals surface area contributed by atoms with Gasteiger partial charge in [-0.2, -0.15) is 0 Å². The van der Waals surface area contributed by atoms with Crippen LogP contribution >= 0.6 is 11.6 Å². The van der Waals surface area contributed by atoms with Gasteiger partial charge in [-0.1, -0.05) is 35.9 Å². The van der Waals surface area contributed by atoms with E-state index in [2.05, 4.69) is 5.32 Å². The monoisotopic (exact) mass is 504 g/mol. The molecule has 0 amide bonds. The number of hydrogen-bond acceptors (Lipinski definition) is 7. The van der Waals surface area contributed by atoms with Gasteiger partial charge in [-0.25, -0.2) is 9.59 Å². The van der Waals surface area contributed by atoms with Crippen molar-refractivity contribution >= 4 is 23.5 Å². The number of hydrogen-bond donors (Lipinski definition) is 5. The fourth-order valence-corrected chi connectivity index (χ4v) is 3.10. The van der Waals surface area contributed by atoms with E-state index in [9.17, 15) is 15.4 Å². The Morgan fingerprint density at radius 3 is 2.29 bits per heavy atom. The molecule has 3 rings (SSSR count). The molecule has 0 aliphatic heterocycles. The summed E-state index contributed by atoms with van der Waals surface area (Å²) in [6.07, 6.45) is 1.23. The summed E-state index contributed by atoms with van der Waals surface area (Å²) < 4.78 is 6.23. The molecule has 0 spiro atoms. The van der Waals surface area contributed by atoms with Gasteiger partial charge in [0.1, 0.15) is 5.75 Å². The van der Waals surface area contributed by atoms with Crippen molar-refractivity contribution in [1.29, 1.82) is 0 Å². The fourth-order valence-electron chi connectivity index (χ4n) is 2.90. The van der Waals surface area contributed by atoms with Crippen LogP contribution < -0.4 is 14.8 Å². The molecule has 0 saturated heterocycles. The van der Waals surface area contributed by atoms with Crippen LogP contribution in [-0.4, -0.2) is 51.6 Å². The largest absolute Gasteiger partial charge is 0.616 e. The lowest BCUT2D eigenvalue weighted by Gasteiger charge is -2.19. The molecule has 3 aromatic rings. The molecule has 2 atom stereocenters. The summed E-state index contributed by atoms with van der Waals surface area (Å²) in [5.41, 5.74) is 1.71. The van der Waals surface area contributed by atoms with Crippen molar-refractivity contribution in [3.05, 3.63) is 94.3 Å². The van der Waals surface area contributed by atoms with E-state index in [1.54, 1.807) is 48.5 Å². The summed E-state index contributed by atoms with van der Waals surface area (Å²) in [6.45, 7) is 0.227. The molecule has 1 aromatic heterocycles. The number of aliphatic hydroxyl groups excluding tert-OH is 2. The van der Waals surface area contributed by atoms with Crippen molar-refractivity contribution < 1.29 is 39.5 Å². The van der Waals surface area contributed by atoms with Crippen molar-refractivity contribution in [3.63, 3.8) is 0 Å². The van der Waals surface area contributed by atoms with Gasteiger partial charge < -0.3 is 35.7 Å². The maximum Gasteiger partial charge on any atom is 0.414 e. The van der Waals surface area contributed by atoms with E-state index in [1.807, 2.05) is 18.2 Å². The number of nitrogens with zero attached hydrogens (tertiary/aromatic N) is 1. The van der Waals surface area contributed by atoms with E-state index < -0.39 is 18.0 Å². The molecule has 35 heavy (non-hydrogen) atoms. The zero-order chi connectivity index (χ0) is 25.8. The number of ether oxygens (including phenoxy) is 1. The van der Waals surface area contributed by atoms with Gasteiger partial charge in [-0.3, -0.25) is 0 Å². The summed E-state index contributed by atoms with van der Waals surface area (Å²) in [7, 11) is 0. The van der Waals surface area contributed by atoms with Gasteiger partial charge >= 0.3 is 17.8 Å². The Bertz CT molecular complexity index is 1100. The third-order valence-electron chi connectivity index (χ3n) is 4.65. The van der Waals surface area contributed by atoms with Gasteiger partial charge in [0.05, 0.1) is 18.8 Å². The molecule has 186 valence electrons. The van der Waals surface area contributed by atoms with E-state index in [0.717, 1.165) is 11.1 Å². The topological polar surface area (TPSA) is 163 Å². The number of aromatic nitrogens is 1. The Morgan fingerprint density at radius 2 is 1.71 bits per heavy atom. The Labute approximate surface area is 206 Å². The molecule has 0 saturated carbocycles. The second-order valence-electron chi connectivity index (χ2n) is 7.28. The highest BCUT2D eigenvalue weighted by Crippen LogP contribution is 2.20. The highest BCUT2D eigenvalue weighted by atomic mass is 35.5. The molecule has 2 aromatic carbocycles. The first kappa shape index (κ1) is 27.5. The molecule has 5 N–H and O–H groups in total. The molecular formula is C24H25ClN2O8. The van der Waals surface area contributed by atoms with E-state index in [1.165, 1.54) is 6.20 Å². The highest BCUT2D eigenvalue weighted by molar-refractivity contribution is 6.30. The van der Waals surface area contributed by atoms with Crippen LogP contribution in [0.1, 0.15) is 17.2 Å². The number of pyridine rings is 1. The van der Waals surface area contributed by atoms with Gasteiger partial charge in [0, 0.05) is 23.7 Å². The summed E-state index contributed by atoms with van der Waals surface area (Å²) in [6, 6.07) is 19.1. The summed E-state index contributed by atoms with van der Waals surface area (Å²) in [4.78, 5) is 18.2. The van der Waals surface area contributed by atoms with Crippen LogP contribution in [0, 0.1) is 5.21 Å². The van der Waals surface area contributed by atoms with Crippen molar-refractivity contribution in [2.75, 3.05) is 13.2 Å². The van der Waals surface area contributed by atoms with E-state index in [-0.39, 0.29) is 18.5 Å². The van der Waals surface area contributed by atoms with Crippen molar-refractivity contribution in [1.82, 2.24) is 5.32 Å². The first-order valence-corrected chi connectivity index (χ1v) is 10.8. The second-order valence-corrected chi connectivity index (χ2v) is 7.72. The number of benzene rings is 2. The van der Waals surface area contributed by atoms with Gasteiger partial charge in [0.2, 0.25) is 0 Å². The maximum absolute atomic E-state index is 11.7. The molecule has 0 aliphatic carbocycles. The normalized spacial score (nSPS) is 12.1. The van der Waals surface area contributed by atoms with Gasteiger partial charge in [-0.15, -0.1) is 4.73 Å². The quantitative estimate of drug-likeness (QED) is 0.167. The Kier molecular flexibility index (Phi) is 10.9. The number of rotatable bonds is 9. The molecule has 0 aliphatic rings. The van der Waals surface area contributed by atoms with Crippen LogP contribution in [-0.2, 0) is 16.0 Å². The van der Waals surface area contributed by atoms with Crippen molar-refractivity contribution in [3.8, 4) is 11.6 Å². The van der Waals surface area contributed by atoms with Crippen LogP contribution in [0.2, 0.25) is 5.02 Å². The minimum Gasteiger partial charge on any atom is -0.616 e. The van der Waals surface area contributed by atoms with Gasteiger partial charge in [0.25, 0.3) is 0 Å². The Hall–Kier alpha value is -3.70. The third kappa shape index (κ3) is 9.59. The number of halogens is 1. The summed E-state index contributed by atoms with van der Waals surface area (Å²) >= 11 is 5.96. The molecule has 10 nitrogen and oxygen atoms in total. The van der Waals surface area contributed by atoms with Crippen LogP contribution in [0.3, 0.4) is 0 Å². The molecule has 0 bridgehead atoms. The van der Waals surface area contributed by atoms with Crippen LogP contribution in [0.25, 0.3) is 0 Å². The molecule has 0 fully saturated rings. The van der Waals surface area contributed by atoms with Crippen molar-refractivity contribution in [2.24, 2.45) is 0 Å². The maximum atomic E-state index is 11.7. The number of carboxylic acids is 2. The smallest absolute Gasteiger partial charge is 0.414 e. The second kappa shape index (κ2) is 13.9. The van der Waals surface area contributed by atoms with Crippen LogP contribution in [0.4, 0.5) is 0 Å². The zero-order valence-corrected chi connectivity index (χ0v) is 19.2. The summed E-state index contributed by atoms with van der Waals surface area (Å²) in [5.74, 6) is -2.90. The van der Waals surface area contributed by atoms with E-state index in [0.29, 0.717) is 28.5 Å². The highest BCUT2D eigenvalue weighted by Gasteiger charge is 2.13. The number of carboxylic acid groups (broad SMARTS) is 2. The first-order chi connectivity index (χ1) is 16.7. The van der Waals surface area contributed by atoms with Gasteiger partial charge in [0.15, 0.2) is 6.20 Å². The van der Waals surface area contributed by atoms with Crippen molar-refractivity contribution in [2.45, 2.75) is 18.6 Å². The molecule has 0 radical (unpaired) electrons. The lowest BCUT2D eigenvalue weighted by molar-refractivity contribution is -0.611. The molecule has 1 heterocycles. The first-order valence-electron chi connectivity index (χ1n) is 10.4. The average Bonchev–Trinajstić information content (AvgIpc) is 2.84. The predicted molar refractivity (Wildman–Crippen MR) is 126 cm³/mol. The average molecular weight is 505 g/mol. The van der Waals surface area contributed by atoms with E-state index in [4.69, 9.17) is 36.1 Å². The number of aliphatic hydroxyl groups is 2. The lowest BCUT2D eigenvalue weighted by Crippen LogP contribution is -2.37. The SMILES string of the molecule is O=C(O)C(=O)O.[O-][n+]1ccccc1Oc1ccc(CC(CO)NCC(O)c2cccc(Cl)c2)cc1. The minimum atomic E-state index is -1.82. The fraction of sp³-hybridized carbons (Fsp3) is 0.208. The Morgan fingerprint density at radius 1 is 1.03 bits per heavy atom. The van der Waals surface area contributed by atoms with Crippen LogP contribution in [0.5, 0.6) is 11.6 Å². The molecule has 11 heteroatoms. The minimum absolute atomic E-state index is 0.0687. The third-order valence-corrected chi connectivity index (χ3v) is 4.89. The number of carbonyl (C=O) groups is 2. The lowest BCUT2D eigenvalue weighted by atomic mass is 10.1. The van der Waals surface area contributed by atoms with Gasteiger partial charge in [-0.05, 0) is 47.9 Å². The Balaban J connectivity index is 0.000000641. The molecular weight excluding hydrogens is 480 g/mol. The summed E-state index contributed by atoms with van der Waals surface area (Å²) in [5, 5.41) is 50.2. The molecule has 2 unspecified atom stereocenters. The van der Waals surface area contributed by atoms with Crippen LogP contribution in [0.15, 0.2) is 72.9 Å². The predicted octanol–water partition coefficient (Wildman–Crippen LogP) is 2.15. The number of nitrogens with one attached hydrogen (secondary N) is 1. The van der Waals surface area contributed by atoms with E-state index >= 15 is 0 Å².